The van der Waals surface area contributed by atoms with E-state index in [1.54, 1.807) is 19.2 Å². The average Bonchev–Trinajstić information content (AvgIpc) is 3.45. The predicted molar refractivity (Wildman–Crippen MR) is 89.9 cm³/mol. The molecule has 0 spiro atoms. The van der Waals surface area contributed by atoms with Gasteiger partial charge in [0.05, 0.1) is 23.6 Å². The number of nitriles is 1. The Labute approximate surface area is 141 Å². The molecule has 1 fully saturated rings. The predicted octanol–water partition coefficient (Wildman–Crippen LogP) is 3.00. The summed E-state index contributed by atoms with van der Waals surface area (Å²) in [5.74, 6) is 1.03. The third-order valence-corrected chi connectivity index (χ3v) is 5.56. The zero-order valence-corrected chi connectivity index (χ0v) is 14.1. The molecule has 0 bridgehead atoms. The van der Waals surface area contributed by atoms with Gasteiger partial charge in [-0.15, -0.1) is 0 Å². The molecular weight excluding hydrogens is 324 g/mol. The van der Waals surface area contributed by atoms with Gasteiger partial charge in [-0.05, 0) is 54.7 Å². The van der Waals surface area contributed by atoms with Crippen LogP contribution in [-0.2, 0) is 10.0 Å². The second kappa shape index (κ2) is 6.63. The van der Waals surface area contributed by atoms with Crippen molar-refractivity contribution in [1.29, 1.82) is 5.26 Å². The van der Waals surface area contributed by atoms with Crippen molar-refractivity contribution >= 4 is 10.0 Å². The van der Waals surface area contributed by atoms with E-state index >= 15 is 0 Å². The van der Waals surface area contributed by atoms with E-state index in [4.69, 9.17) is 10.00 Å². The third kappa shape index (κ3) is 3.58. The van der Waals surface area contributed by atoms with Gasteiger partial charge in [0.25, 0.3) is 0 Å². The summed E-state index contributed by atoms with van der Waals surface area (Å²) >= 11 is 0. The van der Waals surface area contributed by atoms with Crippen LogP contribution in [0.15, 0.2) is 53.4 Å². The smallest absolute Gasteiger partial charge is 0.241 e. The molecule has 0 radical (unpaired) electrons. The fourth-order valence-corrected chi connectivity index (χ4v) is 3.98. The van der Waals surface area contributed by atoms with Gasteiger partial charge in [-0.2, -0.15) is 5.26 Å². The second-order valence-electron chi connectivity index (χ2n) is 5.85. The Morgan fingerprint density at radius 3 is 2.50 bits per heavy atom. The van der Waals surface area contributed by atoms with Crippen LogP contribution in [0.25, 0.3) is 0 Å². The number of methoxy groups -OCH3 is 1. The largest absolute Gasteiger partial charge is 0.497 e. The molecule has 1 N–H and O–H groups in total. The molecule has 1 aliphatic rings. The first-order valence-electron chi connectivity index (χ1n) is 7.70. The van der Waals surface area contributed by atoms with E-state index in [1.165, 1.54) is 12.1 Å². The van der Waals surface area contributed by atoms with Crippen molar-refractivity contribution in [1.82, 2.24) is 4.72 Å². The fourth-order valence-electron chi connectivity index (χ4n) is 2.65. The van der Waals surface area contributed by atoms with Crippen LogP contribution in [0.3, 0.4) is 0 Å². The number of hydrogen-bond donors (Lipinski definition) is 1. The maximum absolute atomic E-state index is 12.7. The van der Waals surface area contributed by atoms with Crippen molar-refractivity contribution in [3.63, 3.8) is 0 Å². The van der Waals surface area contributed by atoms with Crippen LogP contribution < -0.4 is 9.46 Å². The highest BCUT2D eigenvalue weighted by Crippen LogP contribution is 2.42. The lowest BCUT2D eigenvalue weighted by molar-refractivity contribution is 0.414. The summed E-state index contributed by atoms with van der Waals surface area (Å²) in [6, 6.07) is 15.2. The van der Waals surface area contributed by atoms with E-state index < -0.39 is 10.0 Å². The maximum atomic E-state index is 12.7. The topological polar surface area (TPSA) is 79.2 Å². The van der Waals surface area contributed by atoms with E-state index in [-0.39, 0.29) is 10.9 Å². The van der Waals surface area contributed by atoms with Crippen LogP contribution in [-0.4, -0.2) is 15.5 Å². The molecule has 0 saturated heterocycles. The zero-order chi connectivity index (χ0) is 17.2. The van der Waals surface area contributed by atoms with Gasteiger partial charge in [-0.1, -0.05) is 18.2 Å². The van der Waals surface area contributed by atoms with Crippen LogP contribution in [0.5, 0.6) is 5.75 Å². The fraction of sp³-hybridized carbons (Fsp3) is 0.278. The van der Waals surface area contributed by atoms with Crippen molar-refractivity contribution in [3.05, 3.63) is 59.7 Å². The number of benzene rings is 2. The molecule has 1 atom stereocenters. The van der Waals surface area contributed by atoms with Gasteiger partial charge in [0.1, 0.15) is 5.75 Å². The highest BCUT2D eigenvalue weighted by atomic mass is 32.2. The standard InChI is InChI=1S/C18H18N2O3S/c1-23-16-9-7-15(8-10-16)18(14-5-6-14)20-24(21,22)17-4-2-3-13(11-17)12-19/h2-4,7-11,14,18,20H,5-6H2,1H3/t18-/m0/s1. The Hall–Kier alpha value is -2.36. The second-order valence-corrected chi connectivity index (χ2v) is 7.56. The SMILES string of the molecule is COc1ccc([C@@H](NS(=O)(=O)c2cccc(C#N)c2)C2CC2)cc1. The molecule has 1 aliphatic carbocycles. The molecule has 5 nitrogen and oxygen atoms in total. The lowest BCUT2D eigenvalue weighted by Crippen LogP contribution is -2.30. The van der Waals surface area contributed by atoms with Crippen molar-refractivity contribution in [3.8, 4) is 11.8 Å². The summed E-state index contributed by atoms with van der Waals surface area (Å²) in [5, 5.41) is 8.96. The summed E-state index contributed by atoms with van der Waals surface area (Å²) in [7, 11) is -2.10. The molecule has 3 rings (SSSR count). The van der Waals surface area contributed by atoms with Gasteiger partial charge in [0, 0.05) is 6.04 Å². The molecule has 0 aromatic heterocycles. The van der Waals surface area contributed by atoms with Crippen LogP contribution in [0.2, 0.25) is 0 Å². The summed E-state index contributed by atoms with van der Waals surface area (Å²) in [6.45, 7) is 0. The van der Waals surface area contributed by atoms with Crippen LogP contribution >= 0.6 is 0 Å². The van der Waals surface area contributed by atoms with Crippen molar-refractivity contribution in [2.24, 2.45) is 5.92 Å². The number of nitrogens with zero attached hydrogens (tertiary/aromatic N) is 1. The maximum Gasteiger partial charge on any atom is 0.241 e. The van der Waals surface area contributed by atoms with Gasteiger partial charge >= 0.3 is 0 Å². The van der Waals surface area contributed by atoms with Crippen molar-refractivity contribution in [2.75, 3.05) is 7.11 Å². The Kier molecular flexibility index (Phi) is 4.56. The molecule has 24 heavy (non-hydrogen) atoms. The molecule has 124 valence electrons. The summed E-state index contributed by atoms with van der Waals surface area (Å²) in [5.41, 5.74) is 1.24. The van der Waals surface area contributed by atoms with Crippen molar-refractivity contribution < 1.29 is 13.2 Å². The van der Waals surface area contributed by atoms with Crippen molar-refractivity contribution in [2.45, 2.75) is 23.8 Å². The number of nitrogens with one attached hydrogen (secondary N) is 1. The summed E-state index contributed by atoms with van der Waals surface area (Å²) in [4.78, 5) is 0.112. The summed E-state index contributed by atoms with van der Waals surface area (Å²) < 4.78 is 33.3. The number of hydrogen-bond acceptors (Lipinski definition) is 4. The molecular formula is C18H18N2O3S. The molecule has 2 aromatic rings. The molecule has 2 aromatic carbocycles. The molecule has 6 heteroatoms. The summed E-state index contributed by atoms with van der Waals surface area (Å²) in [6.07, 6.45) is 1.99. The monoisotopic (exact) mass is 342 g/mol. The molecule has 0 heterocycles. The highest BCUT2D eigenvalue weighted by Gasteiger charge is 2.35. The normalized spacial score (nSPS) is 15.5. The van der Waals surface area contributed by atoms with E-state index in [0.717, 1.165) is 24.2 Å². The first kappa shape index (κ1) is 16.5. The van der Waals surface area contributed by atoms with Gasteiger partial charge in [0.15, 0.2) is 0 Å². The Bertz CT molecular complexity index is 866. The highest BCUT2D eigenvalue weighted by molar-refractivity contribution is 7.89. The lowest BCUT2D eigenvalue weighted by Gasteiger charge is -2.19. The lowest BCUT2D eigenvalue weighted by atomic mass is 10.0. The zero-order valence-electron chi connectivity index (χ0n) is 13.3. The minimum absolute atomic E-state index is 0.112. The Morgan fingerprint density at radius 1 is 1.21 bits per heavy atom. The average molecular weight is 342 g/mol. The molecule has 0 aliphatic heterocycles. The minimum atomic E-state index is -3.69. The van der Waals surface area contributed by atoms with E-state index in [2.05, 4.69) is 4.72 Å². The quantitative estimate of drug-likeness (QED) is 0.875. The van der Waals surface area contributed by atoms with Crippen LogP contribution in [0.4, 0.5) is 0 Å². The van der Waals surface area contributed by atoms with Gasteiger partial charge in [-0.25, -0.2) is 13.1 Å². The first-order valence-corrected chi connectivity index (χ1v) is 9.18. The van der Waals surface area contributed by atoms with E-state index in [0.29, 0.717) is 11.5 Å². The first-order chi connectivity index (χ1) is 11.5. The van der Waals surface area contributed by atoms with Gasteiger partial charge < -0.3 is 4.74 Å². The number of ether oxygens (including phenoxy) is 1. The molecule has 0 unspecified atom stereocenters. The Morgan fingerprint density at radius 2 is 1.92 bits per heavy atom. The third-order valence-electron chi connectivity index (χ3n) is 4.12. The number of sulfonamides is 1. The van der Waals surface area contributed by atoms with E-state index in [9.17, 15) is 8.42 Å². The van der Waals surface area contributed by atoms with Gasteiger partial charge in [0.2, 0.25) is 10.0 Å². The van der Waals surface area contributed by atoms with Crippen LogP contribution in [0.1, 0.15) is 30.0 Å². The van der Waals surface area contributed by atoms with E-state index in [1.807, 2.05) is 30.3 Å². The molecule has 0 amide bonds. The number of rotatable bonds is 6. The van der Waals surface area contributed by atoms with Crippen LogP contribution in [0, 0.1) is 17.2 Å². The molecule has 1 saturated carbocycles. The minimum Gasteiger partial charge on any atom is -0.497 e. The van der Waals surface area contributed by atoms with Gasteiger partial charge in [-0.3, -0.25) is 0 Å². The Balaban J connectivity index is 1.88.